The molecule has 4 heteroatoms. The van der Waals surface area contributed by atoms with E-state index in [-0.39, 0.29) is 0 Å². The number of nitrogens with one attached hydrogen (secondary N) is 1. The van der Waals surface area contributed by atoms with Gasteiger partial charge in [-0.25, -0.2) is 0 Å². The third kappa shape index (κ3) is 3.74. The Bertz CT molecular complexity index is 297. The Morgan fingerprint density at radius 3 is 3.13 bits per heavy atom. The van der Waals surface area contributed by atoms with Crippen LogP contribution >= 0.6 is 23.4 Å². The summed E-state index contributed by atoms with van der Waals surface area (Å²) in [6, 6.07) is 4.50. The number of hydrogen-bond acceptors (Lipinski definition) is 3. The Hall–Kier alpha value is -0.120. The zero-order valence-corrected chi connectivity index (χ0v) is 10.2. The number of halogens is 1. The fourth-order valence-electron chi connectivity index (χ4n) is 1.83. The standard InChI is InChI=1S/C11H16ClNOS/c12-11-4-3-10(14-11)8-15-7-5-9-2-1-6-13-9/h3-4,9,13H,1-2,5-8H2. The normalized spacial score (nSPS) is 21.0. The Morgan fingerprint density at radius 2 is 2.47 bits per heavy atom. The minimum Gasteiger partial charge on any atom is -0.449 e. The molecule has 0 bridgehead atoms. The number of hydrogen-bond donors (Lipinski definition) is 1. The fourth-order valence-corrected chi connectivity index (χ4v) is 2.94. The summed E-state index contributed by atoms with van der Waals surface area (Å²) in [5.74, 6) is 3.10. The van der Waals surface area contributed by atoms with Crippen molar-refractivity contribution in [3.8, 4) is 0 Å². The molecule has 1 aromatic rings. The topological polar surface area (TPSA) is 25.2 Å². The van der Waals surface area contributed by atoms with E-state index in [0.717, 1.165) is 17.6 Å². The molecule has 2 heterocycles. The van der Waals surface area contributed by atoms with Crippen LogP contribution in [0.3, 0.4) is 0 Å². The summed E-state index contributed by atoms with van der Waals surface area (Å²) < 4.78 is 5.28. The van der Waals surface area contributed by atoms with Gasteiger partial charge in [0.2, 0.25) is 0 Å². The lowest BCUT2D eigenvalue weighted by molar-refractivity contribution is 0.532. The first-order chi connectivity index (χ1) is 7.34. The highest BCUT2D eigenvalue weighted by Crippen LogP contribution is 2.20. The van der Waals surface area contributed by atoms with Crippen molar-refractivity contribution < 1.29 is 4.42 Å². The van der Waals surface area contributed by atoms with Gasteiger partial charge in [-0.2, -0.15) is 11.8 Å². The molecular formula is C11H16ClNOS. The van der Waals surface area contributed by atoms with Gasteiger partial charge in [-0.1, -0.05) is 0 Å². The molecule has 84 valence electrons. The van der Waals surface area contributed by atoms with E-state index in [9.17, 15) is 0 Å². The van der Waals surface area contributed by atoms with Gasteiger partial charge in [0.25, 0.3) is 0 Å². The van der Waals surface area contributed by atoms with Crippen molar-refractivity contribution in [2.24, 2.45) is 0 Å². The summed E-state index contributed by atoms with van der Waals surface area (Å²) in [6.07, 6.45) is 3.94. The quantitative estimate of drug-likeness (QED) is 0.806. The van der Waals surface area contributed by atoms with Crippen LogP contribution in [0.15, 0.2) is 16.5 Å². The molecule has 1 atom stereocenters. The van der Waals surface area contributed by atoms with E-state index in [0.29, 0.717) is 5.22 Å². The van der Waals surface area contributed by atoms with Crippen LogP contribution in [0.5, 0.6) is 0 Å². The van der Waals surface area contributed by atoms with Crippen molar-refractivity contribution in [3.05, 3.63) is 23.1 Å². The Kier molecular flexibility index (Phi) is 4.42. The third-order valence-corrected chi connectivity index (χ3v) is 3.86. The molecule has 1 N–H and O–H groups in total. The highest BCUT2D eigenvalue weighted by atomic mass is 35.5. The second-order valence-corrected chi connectivity index (χ2v) is 5.32. The van der Waals surface area contributed by atoms with Gasteiger partial charge in [0, 0.05) is 6.04 Å². The first-order valence-electron chi connectivity index (χ1n) is 5.40. The maximum Gasteiger partial charge on any atom is 0.193 e. The summed E-state index contributed by atoms with van der Waals surface area (Å²) in [5.41, 5.74) is 0. The van der Waals surface area contributed by atoms with Gasteiger partial charge in [-0.05, 0) is 55.3 Å². The Labute approximate surface area is 99.8 Å². The second-order valence-electron chi connectivity index (χ2n) is 3.84. The molecule has 1 aliphatic heterocycles. The fraction of sp³-hybridized carbons (Fsp3) is 0.636. The predicted octanol–water partition coefficient (Wildman–Crippen LogP) is 3.31. The van der Waals surface area contributed by atoms with E-state index < -0.39 is 0 Å². The lowest BCUT2D eigenvalue weighted by atomic mass is 10.2. The number of thioether (sulfide) groups is 1. The van der Waals surface area contributed by atoms with Gasteiger partial charge in [0.1, 0.15) is 5.76 Å². The van der Waals surface area contributed by atoms with Crippen LogP contribution in [-0.2, 0) is 5.75 Å². The van der Waals surface area contributed by atoms with Crippen molar-refractivity contribution in [1.29, 1.82) is 0 Å². The molecule has 1 saturated heterocycles. The lowest BCUT2D eigenvalue weighted by Crippen LogP contribution is -2.21. The minimum absolute atomic E-state index is 0.489. The Morgan fingerprint density at radius 1 is 1.53 bits per heavy atom. The molecule has 0 radical (unpaired) electrons. The molecule has 0 amide bonds. The first kappa shape index (κ1) is 11.4. The molecule has 1 fully saturated rings. The van der Waals surface area contributed by atoms with Crippen molar-refractivity contribution in [1.82, 2.24) is 5.32 Å². The molecule has 1 unspecified atom stereocenters. The Balaban J connectivity index is 1.58. The maximum atomic E-state index is 5.69. The van der Waals surface area contributed by atoms with Crippen molar-refractivity contribution in [3.63, 3.8) is 0 Å². The van der Waals surface area contributed by atoms with E-state index in [4.69, 9.17) is 16.0 Å². The summed E-state index contributed by atoms with van der Waals surface area (Å²) >= 11 is 7.61. The van der Waals surface area contributed by atoms with E-state index in [1.54, 1.807) is 6.07 Å². The highest BCUT2D eigenvalue weighted by Gasteiger charge is 2.13. The van der Waals surface area contributed by atoms with Crippen LogP contribution in [0.4, 0.5) is 0 Å². The molecular weight excluding hydrogens is 230 g/mol. The average Bonchev–Trinajstić information content (AvgIpc) is 2.84. The van der Waals surface area contributed by atoms with Crippen molar-refractivity contribution in [2.45, 2.75) is 31.1 Å². The summed E-state index contributed by atoms with van der Waals surface area (Å²) in [7, 11) is 0. The van der Waals surface area contributed by atoms with Gasteiger partial charge in [0.05, 0.1) is 5.75 Å². The van der Waals surface area contributed by atoms with Crippen LogP contribution in [0.1, 0.15) is 25.0 Å². The van der Waals surface area contributed by atoms with Crippen LogP contribution in [0, 0.1) is 0 Å². The highest BCUT2D eigenvalue weighted by molar-refractivity contribution is 7.98. The zero-order valence-electron chi connectivity index (χ0n) is 8.67. The monoisotopic (exact) mass is 245 g/mol. The third-order valence-electron chi connectivity index (χ3n) is 2.65. The predicted molar refractivity (Wildman–Crippen MR) is 65.5 cm³/mol. The SMILES string of the molecule is Clc1ccc(CSCCC2CCCN2)o1. The van der Waals surface area contributed by atoms with Gasteiger partial charge in [-0.15, -0.1) is 0 Å². The second kappa shape index (κ2) is 5.83. The van der Waals surface area contributed by atoms with E-state index in [2.05, 4.69) is 5.32 Å². The molecule has 2 nitrogen and oxygen atoms in total. The van der Waals surface area contributed by atoms with E-state index in [1.807, 2.05) is 17.8 Å². The minimum atomic E-state index is 0.489. The molecule has 0 aliphatic carbocycles. The van der Waals surface area contributed by atoms with Crippen molar-refractivity contribution >= 4 is 23.4 Å². The van der Waals surface area contributed by atoms with E-state index in [1.165, 1.54) is 31.6 Å². The zero-order chi connectivity index (χ0) is 10.5. The summed E-state index contributed by atoms with van der Waals surface area (Å²) in [4.78, 5) is 0. The molecule has 15 heavy (non-hydrogen) atoms. The van der Waals surface area contributed by atoms with Crippen molar-refractivity contribution in [2.75, 3.05) is 12.3 Å². The molecule has 0 saturated carbocycles. The smallest absolute Gasteiger partial charge is 0.193 e. The van der Waals surface area contributed by atoms with E-state index >= 15 is 0 Å². The summed E-state index contributed by atoms with van der Waals surface area (Å²) in [6.45, 7) is 1.20. The van der Waals surface area contributed by atoms with Crippen LogP contribution in [0.2, 0.25) is 5.22 Å². The van der Waals surface area contributed by atoms with Gasteiger partial charge < -0.3 is 9.73 Å². The van der Waals surface area contributed by atoms with Gasteiger partial charge in [-0.3, -0.25) is 0 Å². The molecule has 0 aromatic carbocycles. The molecule has 1 aromatic heterocycles. The van der Waals surface area contributed by atoms with Gasteiger partial charge in [0.15, 0.2) is 5.22 Å². The maximum absolute atomic E-state index is 5.69. The number of rotatable bonds is 5. The first-order valence-corrected chi connectivity index (χ1v) is 6.93. The van der Waals surface area contributed by atoms with Crippen LogP contribution in [-0.4, -0.2) is 18.3 Å². The average molecular weight is 246 g/mol. The summed E-state index contributed by atoms with van der Waals surface area (Å²) in [5, 5.41) is 3.99. The number of furan rings is 1. The van der Waals surface area contributed by atoms with Gasteiger partial charge >= 0.3 is 0 Å². The van der Waals surface area contributed by atoms with Crippen LogP contribution < -0.4 is 5.32 Å². The molecule has 2 rings (SSSR count). The molecule has 1 aliphatic rings. The van der Waals surface area contributed by atoms with Crippen LogP contribution in [0.25, 0.3) is 0 Å². The lowest BCUT2D eigenvalue weighted by Gasteiger charge is -2.08. The largest absolute Gasteiger partial charge is 0.449 e. The molecule has 0 spiro atoms.